The minimum Gasteiger partial charge on any atom is -0.411 e. The second-order valence-electron chi connectivity index (χ2n) is 2.52. The molecule has 0 aliphatic rings. The molecule has 0 aliphatic heterocycles. The highest BCUT2D eigenvalue weighted by molar-refractivity contribution is 6.36. The highest BCUT2D eigenvalue weighted by Gasteiger charge is 2.07. The lowest BCUT2D eigenvalue weighted by Gasteiger charge is -2.04. The van der Waals surface area contributed by atoms with Crippen molar-refractivity contribution in [2.75, 3.05) is 0 Å². The molecule has 0 fully saturated rings. The third-order valence-corrected chi connectivity index (χ3v) is 2.26. The van der Waals surface area contributed by atoms with Crippen molar-refractivity contribution in [2.45, 2.75) is 13.3 Å². The fraction of sp³-hybridized carbons (Fsp3) is 0.222. The maximum atomic E-state index is 8.68. The lowest BCUT2D eigenvalue weighted by molar-refractivity contribution is 0.318. The lowest BCUT2D eigenvalue weighted by atomic mass is 10.1. The predicted molar refractivity (Wildman–Crippen MR) is 55.1 cm³/mol. The van der Waals surface area contributed by atoms with Gasteiger partial charge in [0.1, 0.15) is 0 Å². The molecular weight excluding hydrogens is 209 g/mol. The Morgan fingerprint density at radius 1 is 1.46 bits per heavy atom. The quantitative estimate of drug-likeness (QED) is 0.459. The van der Waals surface area contributed by atoms with E-state index in [1.54, 1.807) is 18.2 Å². The summed E-state index contributed by atoms with van der Waals surface area (Å²) < 4.78 is 0. The van der Waals surface area contributed by atoms with Gasteiger partial charge >= 0.3 is 0 Å². The molecule has 1 N–H and O–H groups in total. The third kappa shape index (κ3) is 2.36. The van der Waals surface area contributed by atoms with E-state index in [1.807, 2.05) is 6.92 Å². The number of halogens is 2. The average molecular weight is 218 g/mol. The van der Waals surface area contributed by atoms with Crippen LogP contribution in [0.5, 0.6) is 0 Å². The van der Waals surface area contributed by atoms with E-state index in [4.69, 9.17) is 28.4 Å². The van der Waals surface area contributed by atoms with Gasteiger partial charge in [-0.2, -0.15) is 0 Å². The summed E-state index contributed by atoms with van der Waals surface area (Å²) in [5, 5.41) is 13.0. The van der Waals surface area contributed by atoms with Crippen molar-refractivity contribution in [3.05, 3.63) is 33.8 Å². The van der Waals surface area contributed by atoms with Crippen LogP contribution in [0.1, 0.15) is 18.9 Å². The fourth-order valence-corrected chi connectivity index (χ4v) is 1.43. The van der Waals surface area contributed by atoms with Crippen molar-refractivity contribution in [3.63, 3.8) is 0 Å². The van der Waals surface area contributed by atoms with Gasteiger partial charge in [-0.1, -0.05) is 35.3 Å². The van der Waals surface area contributed by atoms with Crippen LogP contribution in [-0.2, 0) is 0 Å². The molecule has 70 valence electrons. The number of oxime groups is 1. The maximum absolute atomic E-state index is 8.68. The van der Waals surface area contributed by atoms with E-state index in [9.17, 15) is 0 Å². The Morgan fingerprint density at radius 2 is 2.15 bits per heavy atom. The monoisotopic (exact) mass is 217 g/mol. The molecule has 2 nitrogen and oxygen atoms in total. The Bertz CT molecular complexity index is 336. The third-order valence-electron chi connectivity index (χ3n) is 1.69. The molecule has 0 atom stereocenters. The van der Waals surface area contributed by atoms with Crippen LogP contribution in [0.2, 0.25) is 10.0 Å². The van der Waals surface area contributed by atoms with Crippen molar-refractivity contribution in [1.82, 2.24) is 0 Å². The molecule has 0 unspecified atom stereocenters. The molecule has 0 saturated carbocycles. The first kappa shape index (κ1) is 10.4. The van der Waals surface area contributed by atoms with E-state index in [2.05, 4.69) is 5.16 Å². The topological polar surface area (TPSA) is 32.6 Å². The summed E-state index contributed by atoms with van der Waals surface area (Å²) in [6.45, 7) is 1.88. The van der Waals surface area contributed by atoms with Crippen LogP contribution in [0.15, 0.2) is 23.4 Å². The van der Waals surface area contributed by atoms with Gasteiger partial charge in [-0.15, -0.1) is 0 Å². The van der Waals surface area contributed by atoms with Crippen molar-refractivity contribution in [3.8, 4) is 0 Å². The number of hydrogen-bond donors (Lipinski definition) is 1. The largest absolute Gasteiger partial charge is 0.411 e. The highest BCUT2D eigenvalue weighted by Crippen LogP contribution is 2.22. The number of hydrogen-bond acceptors (Lipinski definition) is 2. The molecule has 0 heterocycles. The molecule has 0 aromatic heterocycles. The van der Waals surface area contributed by atoms with Crippen molar-refractivity contribution < 1.29 is 5.21 Å². The lowest BCUT2D eigenvalue weighted by Crippen LogP contribution is -1.99. The second kappa shape index (κ2) is 4.49. The molecule has 1 aromatic carbocycles. The van der Waals surface area contributed by atoms with Gasteiger partial charge in [0, 0.05) is 15.6 Å². The normalized spacial score (nSPS) is 11.8. The Morgan fingerprint density at radius 3 is 2.69 bits per heavy atom. The predicted octanol–water partition coefficient (Wildman–Crippen LogP) is 3.58. The molecule has 4 heteroatoms. The van der Waals surface area contributed by atoms with Crippen molar-refractivity contribution in [2.24, 2.45) is 5.16 Å². The number of benzene rings is 1. The number of rotatable bonds is 2. The zero-order valence-corrected chi connectivity index (χ0v) is 8.60. The first-order chi connectivity index (χ1) is 6.19. The first-order valence-electron chi connectivity index (χ1n) is 3.85. The van der Waals surface area contributed by atoms with Crippen LogP contribution in [0.3, 0.4) is 0 Å². The smallest absolute Gasteiger partial charge is 0.0880 e. The van der Waals surface area contributed by atoms with Gasteiger partial charge in [0.2, 0.25) is 0 Å². The summed E-state index contributed by atoms with van der Waals surface area (Å²) in [6, 6.07) is 5.06. The zero-order valence-electron chi connectivity index (χ0n) is 7.09. The van der Waals surface area contributed by atoms with Crippen LogP contribution < -0.4 is 0 Å². The van der Waals surface area contributed by atoms with Crippen LogP contribution in [0.4, 0.5) is 0 Å². The molecule has 1 rings (SSSR count). The summed E-state index contributed by atoms with van der Waals surface area (Å²) in [6.07, 6.45) is 0.608. The summed E-state index contributed by atoms with van der Waals surface area (Å²) in [5.74, 6) is 0. The summed E-state index contributed by atoms with van der Waals surface area (Å²) in [5.41, 5.74) is 1.21. The molecule has 0 saturated heterocycles. The Balaban J connectivity index is 3.19. The zero-order chi connectivity index (χ0) is 9.84. The van der Waals surface area contributed by atoms with Gasteiger partial charge in [0.05, 0.1) is 5.71 Å². The van der Waals surface area contributed by atoms with Crippen molar-refractivity contribution >= 4 is 28.9 Å². The first-order valence-corrected chi connectivity index (χ1v) is 4.61. The van der Waals surface area contributed by atoms with Gasteiger partial charge in [0.25, 0.3) is 0 Å². The van der Waals surface area contributed by atoms with Crippen LogP contribution >= 0.6 is 23.2 Å². The molecule has 0 radical (unpaired) electrons. The summed E-state index contributed by atoms with van der Waals surface area (Å²) in [7, 11) is 0. The molecule has 1 aromatic rings. The van der Waals surface area contributed by atoms with Crippen LogP contribution in [-0.4, -0.2) is 10.9 Å². The van der Waals surface area contributed by atoms with Crippen molar-refractivity contribution in [1.29, 1.82) is 0 Å². The minimum absolute atomic E-state index is 0.535. The molecule has 13 heavy (non-hydrogen) atoms. The standard InChI is InChI=1S/C9H9Cl2NO/c1-2-9(12-13)7-5-6(10)3-4-8(7)11/h3-5,13H,2H2,1H3/b12-9+. The van der Waals surface area contributed by atoms with E-state index >= 15 is 0 Å². The number of nitrogens with zero attached hydrogens (tertiary/aromatic N) is 1. The Labute approximate surface area is 86.8 Å². The Hall–Kier alpha value is -0.730. The van der Waals surface area contributed by atoms with Gasteiger partial charge < -0.3 is 5.21 Å². The van der Waals surface area contributed by atoms with E-state index in [-0.39, 0.29) is 0 Å². The fourth-order valence-electron chi connectivity index (χ4n) is 1.03. The van der Waals surface area contributed by atoms with Gasteiger partial charge in [-0.3, -0.25) is 0 Å². The Kier molecular flexibility index (Phi) is 3.58. The SMILES string of the molecule is CC/C(=N\O)c1cc(Cl)ccc1Cl. The maximum Gasteiger partial charge on any atom is 0.0880 e. The molecular formula is C9H9Cl2NO. The van der Waals surface area contributed by atoms with Gasteiger partial charge in [0.15, 0.2) is 0 Å². The summed E-state index contributed by atoms with van der Waals surface area (Å²) >= 11 is 11.7. The van der Waals surface area contributed by atoms with E-state index in [0.29, 0.717) is 27.7 Å². The van der Waals surface area contributed by atoms with Gasteiger partial charge in [-0.05, 0) is 24.6 Å². The molecule has 0 aliphatic carbocycles. The second-order valence-corrected chi connectivity index (χ2v) is 3.37. The summed E-state index contributed by atoms with van der Waals surface area (Å²) in [4.78, 5) is 0. The van der Waals surface area contributed by atoms with E-state index in [1.165, 1.54) is 0 Å². The molecule has 0 amide bonds. The molecule has 0 spiro atoms. The van der Waals surface area contributed by atoms with Gasteiger partial charge in [-0.25, -0.2) is 0 Å². The van der Waals surface area contributed by atoms with E-state index in [0.717, 1.165) is 0 Å². The average Bonchev–Trinajstić information content (AvgIpc) is 2.13. The van der Waals surface area contributed by atoms with Crippen LogP contribution in [0.25, 0.3) is 0 Å². The minimum atomic E-state index is 0.535. The molecule has 0 bridgehead atoms. The van der Waals surface area contributed by atoms with Crippen LogP contribution in [0, 0.1) is 0 Å². The van der Waals surface area contributed by atoms with E-state index < -0.39 is 0 Å². The highest BCUT2D eigenvalue weighted by atomic mass is 35.5.